The summed E-state index contributed by atoms with van der Waals surface area (Å²) < 4.78 is 0. The molecule has 0 unspecified atom stereocenters. The van der Waals surface area contributed by atoms with Gasteiger partial charge in [0.2, 0.25) is 0 Å². The van der Waals surface area contributed by atoms with Crippen molar-refractivity contribution in [2.24, 2.45) is 0 Å². The number of hydrogen-bond donors (Lipinski definition) is 2. The number of nitrogens with one attached hydrogen (secondary N) is 2. The SMILES string of the molecule is O=C(NC1CCN(Cc2ccccc2)CC1)c1cccc(Nc2ccnc(-c3ccccc3)n2)c1. The monoisotopic (exact) mass is 463 g/mol. The van der Waals surface area contributed by atoms with E-state index in [1.54, 1.807) is 6.20 Å². The first-order valence-corrected chi connectivity index (χ1v) is 12.1. The molecule has 1 aromatic heterocycles. The van der Waals surface area contributed by atoms with Crippen molar-refractivity contribution in [2.45, 2.75) is 25.4 Å². The fourth-order valence-corrected chi connectivity index (χ4v) is 4.39. The van der Waals surface area contributed by atoms with E-state index in [1.807, 2.05) is 66.7 Å². The van der Waals surface area contributed by atoms with Gasteiger partial charge in [-0.2, -0.15) is 0 Å². The van der Waals surface area contributed by atoms with Crippen LogP contribution in [-0.4, -0.2) is 39.9 Å². The summed E-state index contributed by atoms with van der Waals surface area (Å²) in [6, 6.07) is 30.0. The van der Waals surface area contributed by atoms with Crippen molar-refractivity contribution in [3.63, 3.8) is 0 Å². The lowest BCUT2D eigenvalue weighted by Gasteiger charge is -2.32. The van der Waals surface area contributed by atoms with E-state index in [4.69, 9.17) is 0 Å². The van der Waals surface area contributed by atoms with Gasteiger partial charge in [-0.1, -0.05) is 66.7 Å². The molecule has 1 fully saturated rings. The van der Waals surface area contributed by atoms with Gasteiger partial charge < -0.3 is 10.6 Å². The van der Waals surface area contributed by atoms with Gasteiger partial charge in [0.15, 0.2) is 5.82 Å². The average molecular weight is 464 g/mol. The van der Waals surface area contributed by atoms with E-state index in [1.165, 1.54) is 5.56 Å². The largest absolute Gasteiger partial charge is 0.349 e. The van der Waals surface area contributed by atoms with Gasteiger partial charge in [-0.3, -0.25) is 9.69 Å². The van der Waals surface area contributed by atoms with Gasteiger partial charge >= 0.3 is 0 Å². The summed E-state index contributed by atoms with van der Waals surface area (Å²) in [6.07, 6.45) is 3.65. The van der Waals surface area contributed by atoms with Crippen LogP contribution in [0.2, 0.25) is 0 Å². The number of rotatable bonds is 7. The number of piperidine rings is 1. The zero-order valence-corrected chi connectivity index (χ0v) is 19.6. The van der Waals surface area contributed by atoms with Gasteiger partial charge in [0.05, 0.1) is 0 Å². The van der Waals surface area contributed by atoms with Gasteiger partial charge in [-0.25, -0.2) is 9.97 Å². The molecule has 0 radical (unpaired) electrons. The molecule has 176 valence electrons. The van der Waals surface area contributed by atoms with Gasteiger partial charge in [0.25, 0.3) is 5.91 Å². The summed E-state index contributed by atoms with van der Waals surface area (Å²) in [5.41, 5.74) is 3.74. The number of anilines is 2. The highest BCUT2D eigenvalue weighted by atomic mass is 16.1. The third-order valence-corrected chi connectivity index (χ3v) is 6.26. The molecule has 1 aliphatic heterocycles. The van der Waals surface area contributed by atoms with Crippen LogP contribution < -0.4 is 10.6 Å². The summed E-state index contributed by atoms with van der Waals surface area (Å²) >= 11 is 0. The summed E-state index contributed by atoms with van der Waals surface area (Å²) in [5.74, 6) is 1.30. The van der Waals surface area contributed by atoms with Crippen LogP contribution in [0, 0.1) is 0 Å². The summed E-state index contributed by atoms with van der Waals surface area (Å²) in [5, 5.41) is 6.53. The fraction of sp³-hybridized carbons (Fsp3) is 0.207. The maximum atomic E-state index is 13.0. The van der Waals surface area contributed by atoms with E-state index < -0.39 is 0 Å². The van der Waals surface area contributed by atoms with Crippen LogP contribution >= 0.6 is 0 Å². The van der Waals surface area contributed by atoms with Crippen molar-refractivity contribution in [3.8, 4) is 11.4 Å². The number of aromatic nitrogens is 2. The van der Waals surface area contributed by atoms with E-state index in [-0.39, 0.29) is 11.9 Å². The molecule has 0 atom stereocenters. The average Bonchev–Trinajstić information content (AvgIpc) is 2.91. The standard InChI is InChI=1S/C29H29N5O/c35-29(32-25-15-18-34(19-16-25)21-22-8-3-1-4-9-22)24-12-7-13-26(20-24)31-27-14-17-30-28(33-27)23-10-5-2-6-11-23/h1-14,17,20,25H,15-16,18-19,21H2,(H,32,35)(H,30,31,33). The molecule has 6 heteroatoms. The van der Waals surface area contributed by atoms with E-state index in [0.717, 1.165) is 43.7 Å². The number of amides is 1. The quantitative estimate of drug-likeness (QED) is 0.390. The highest BCUT2D eigenvalue weighted by Crippen LogP contribution is 2.20. The number of nitrogens with zero attached hydrogens (tertiary/aromatic N) is 3. The molecule has 6 nitrogen and oxygen atoms in total. The van der Waals surface area contributed by atoms with E-state index in [0.29, 0.717) is 17.2 Å². The van der Waals surface area contributed by atoms with E-state index >= 15 is 0 Å². The Kier molecular flexibility index (Phi) is 7.10. The molecule has 4 aromatic rings. The van der Waals surface area contributed by atoms with Crippen LogP contribution in [0.1, 0.15) is 28.8 Å². The number of carbonyl (C=O) groups is 1. The molecule has 2 heterocycles. The first kappa shape index (κ1) is 22.7. The molecular weight excluding hydrogens is 434 g/mol. The first-order valence-electron chi connectivity index (χ1n) is 12.1. The zero-order chi connectivity index (χ0) is 23.9. The molecule has 0 bridgehead atoms. The number of likely N-dealkylation sites (tertiary alicyclic amines) is 1. The molecule has 1 amide bonds. The van der Waals surface area contributed by atoms with Crippen molar-refractivity contribution in [2.75, 3.05) is 18.4 Å². The lowest BCUT2D eigenvalue weighted by atomic mass is 10.0. The lowest BCUT2D eigenvalue weighted by molar-refractivity contribution is 0.0909. The van der Waals surface area contributed by atoms with Crippen molar-refractivity contribution in [1.82, 2.24) is 20.2 Å². The number of benzene rings is 3. The van der Waals surface area contributed by atoms with Crippen LogP contribution in [0.25, 0.3) is 11.4 Å². The number of hydrogen-bond acceptors (Lipinski definition) is 5. The van der Waals surface area contributed by atoms with Crippen LogP contribution in [-0.2, 0) is 6.54 Å². The van der Waals surface area contributed by atoms with Gasteiger partial charge in [0.1, 0.15) is 5.82 Å². The molecule has 1 aliphatic rings. The molecule has 1 saturated heterocycles. The third-order valence-electron chi connectivity index (χ3n) is 6.26. The van der Waals surface area contributed by atoms with E-state index in [9.17, 15) is 4.79 Å². The molecule has 2 N–H and O–H groups in total. The minimum atomic E-state index is -0.0391. The van der Waals surface area contributed by atoms with Crippen molar-refractivity contribution in [3.05, 3.63) is 108 Å². The topological polar surface area (TPSA) is 70.2 Å². The minimum absolute atomic E-state index is 0.0391. The summed E-state index contributed by atoms with van der Waals surface area (Å²) in [7, 11) is 0. The molecule has 0 aliphatic carbocycles. The van der Waals surface area contributed by atoms with Gasteiger partial charge in [-0.05, 0) is 42.7 Å². The summed E-state index contributed by atoms with van der Waals surface area (Å²) in [6.45, 7) is 2.93. The Morgan fingerprint density at radius 2 is 1.63 bits per heavy atom. The van der Waals surface area contributed by atoms with Crippen LogP contribution in [0.4, 0.5) is 11.5 Å². The lowest BCUT2D eigenvalue weighted by Crippen LogP contribution is -2.44. The Hall–Kier alpha value is -4.03. The summed E-state index contributed by atoms with van der Waals surface area (Å²) in [4.78, 5) is 24.4. The Morgan fingerprint density at radius 1 is 0.886 bits per heavy atom. The smallest absolute Gasteiger partial charge is 0.251 e. The van der Waals surface area contributed by atoms with Gasteiger partial charge in [0, 0.05) is 48.7 Å². The minimum Gasteiger partial charge on any atom is -0.349 e. The Balaban J connectivity index is 1.17. The molecule has 0 saturated carbocycles. The normalized spacial score (nSPS) is 14.4. The van der Waals surface area contributed by atoms with Crippen molar-refractivity contribution >= 4 is 17.4 Å². The predicted molar refractivity (Wildman–Crippen MR) is 139 cm³/mol. The second-order valence-corrected chi connectivity index (χ2v) is 8.85. The second-order valence-electron chi connectivity index (χ2n) is 8.85. The number of carbonyl (C=O) groups excluding carboxylic acids is 1. The fourth-order valence-electron chi connectivity index (χ4n) is 4.39. The second kappa shape index (κ2) is 10.9. The Labute approximate surface area is 206 Å². The van der Waals surface area contributed by atoms with Crippen LogP contribution in [0.5, 0.6) is 0 Å². The van der Waals surface area contributed by atoms with E-state index in [2.05, 4.69) is 49.8 Å². The van der Waals surface area contributed by atoms with Gasteiger partial charge in [-0.15, -0.1) is 0 Å². The Morgan fingerprint density at radius 3 is 2.40 bits per heavy atom. The van der Waals surface area contributed by atoms with Crippen molar-refractivity contribution < 1.29 is 4.79 Å². The Bertz CT molecular complexity index is 1250. The molecule has 0 spiro atoms. The van der Waals surface area contributed by atoms with Crippen LogP contribution in [0.15, 0.2) is 97.2 Å². The molecular formula is C29H29N5O. The maximum Gasteiger partial charge on any atom is 0.251 e. The third kappa shape index (κ3) is 6.11. The molecule has 5 rings (SSSR count). The van der Waals surface area contributed by atoms with Crippen LogP contribution in [0.3, 0.4) is 0 Å². The predicted octanol–water partition coefficient (Wildman–Crippen LogP) is 5.28. The highest BCUT2D eigenvalue weighted by Gasteiger charge is 2.21. The maximum absolute atomic E-state index is 13.0. The first-order chi connectivity index (χ1) is 17.2. The molecule has 3 aromatic carbocycles. The highest BCUT2D eigenvalue weighted by molar-refractivity contribution is 5.95. The molecule has 35 heavy (non-hydrogen) atoms. The van der Waals surface area contributed by atoms with Crippen molar-refractivity contribution in [1.29, 1.82) is 0 Å². The zero-order valence-electron chi connectivity index (χ0n) is 19.6.